The maximum absolute atomic E-state index is 14.5. The highest BCUT2D eigenvalue weighted by atomic mass is 19.2. The number of nitrogens with zero attached hydrogens (tertiary/aromatic N) is 2. The van der Waals surface area contributed by atoms with E-state index in [4.69, 9.17) is 5.11 Å². The van der Waals surface area contributed by atoms with Crippen LogP contribution in [0.25, 0.3) is 0 Å². The molecule has 2 amide bonds. The molecule has 3 aromatic rings. The number of anilines is 1. The van der Waals surface area contributed by atoms with Gasteiger partial charge in [-0.25, -0.2) is 23.4 Å². The summed E-state index contributed by atoms with van der Waals surface area (Å²) in [6.45, 7) is 0.259. The van der Waals surface area contributed by atoms with E-state index in [1.54, 1.807) is 0 Å². The van der Waals surface area contributed by atoms with Gasteiger partial charge in [0.1, 0.15) is 6.04 Å². The molecule has 9 heteroatoms. The van der Waals surface area contributed by atoms with Crippen LogP contribution in [-0.4, -0.2) is 38.5 Å². The molecule has 1 aliphatic heterocycles. The van der Waals surface area contributed by atoms with Gasteiger partial charge in [0, 0.05) is 29.9 Å². The lowest BCUT2D eigenvalue weighted by molar-refractivity contribution is 0.0697. The number of halogens is 2. The number of fused-ring (bicyclic) bond motifs is 1. The minimum atomic E-state index is -1.08. The van der Waals surface area contributed by atoms with Crippen LogP contribution in [0.2, 0.25) is 0 Å². The number of carboxylic acids is 1. The summed E-state index contributed by atoms with van der Waals surface area (Å²) < 4.78 is 28.4. The van der Waals surface area contributed by atoms with Crippen molar-refractivity contribution in [3.05, 3.63) is 82.9 Å². The third-order valence-electron chi connectivity index (χ3n) is 4.85. The van der Waals surface area contributed by atoms with E-state index >= 15 is 0 Å². The van der Waals surface area contributed by atoms with E-state index in [-0.39, 0.29) is 17.7 Å². The second kappa shape index (κ2) is 7.34. The van der Waals surface area contributed by atoms with Crippen LogP contribution in [0.3, 0.4) is 0 Å². The largest absolute Gasteiger partial charge is 0.478 e. The summed E-state index contributed by atoms with van der Waals surface area (Å²) in [5, 5.41) is 11.6. The van der Waals surface area contributed by atoms with Crippen molar-refractivity contribution >= 4 is 17.7 Å². The molecule has 1 aromatic heterocycles. The van der Waals surface area contributed by atoms with Crippen LogP contribution in [0.15, 0.2) is 48.8 Å². The Bertz CT molecular complexity index is 1080. The Labute approximate surface area is 164 Å². The molecule has 0 aliphatic carbocycles. The Morgan fingerprint density at radius 1 is 1.17 bits per heavy atom. The number of carbonyl (C=O) groups excluding carboxylic acids is 1. The van der Waals surface area contributed by atoms with Gasteiger partial charge < -0.3 is 20.3 Å². The number of aromatic carboxylic acids is 1. The smallest absolute Gasteiger partial charge is 0.335 e. The lowest BCUT2D eigenvalue weighted by Gasteiger charge is -2.35. The second-order valence-electron chi connectivity index (χ2n) is 6.57. The first-order chi connectivity index (χ1) is 14.0. The topological polar surface area (TPSA) is 98.3 Å². The minimum Gasteiger partial charge on any atom is -0.478 e. The summed E-state index contributed by atoms with van der Waals surface area (Å²) in [4.78, 5) is 32.5. The summed E-state index contributed by atoms with van der Waals surface area (Å²) in [5.41, 5.74) is 1.69. The molecule has 0 saturated carbocycles. The van der Waals surface area contributed by atoms with Crippen molar-refractivity contribution in [1.29, 1.82) is 0 Å². The molecule has 1 atom stereocenters. The van der Waals surface area contributed by atoms with Crippen molar-refractivity contribution in [2.45, 2.75) is 12.5 Å². The molecule has 1 aliphatic rings. The van der Waals surface area contributed by atoms with Crippen molar-refractivity contribution < 1.29 is 23.5 Å². The monoisotopic (exact) mass is 398 g/mol. The number of carboxylic acid groups (broad SMARTS) is 1. The maximum atomic E-state index is 14.5. The predicted molar refractivity (Wildman–Crippen MR) is 99.6 cm³/mol. The van der Waals surface area contributed by atoms with E-state index in [1.807, 2.05) is 0 Å². The molecule has 0 saturated heterocycles. The highest BCUT2D eigenvalue weighted by Gasteiger charge is 2.36. The van der Waals surface area contributed by atoms with Crippen LogP contribution >= 0.6 is 0 Å². The van der Waals surface area contributed by atoms with Gasteiger partial charge in [-0.2, -0.15) is 0 Å². The lowest BCUT2D eigenvalue weighted by Crippen LogP contribution is -2.43. The minimum absolute atomic E-state index is 0.00873. The Kier molecular flexibility index (Phi) is 4.71. The molecule has 0 radical (unpaired) electrons. The zero-order chi connectivity index (χ0) is 20.5. The predicted octanol–water partition coefficient (Wildman–Crippen LogP) is 3.57. The Hall–Kier alpha value is -3.75. The lowest BCUT2D eigenvalue weighted by atomic mass is 9.95. The molecule has 29 heavy (non-hydrogen) atoms. The maximum Gasteiger partial charge on any atom is 0.335 e. The van der Waals surface area contributed by atoms with Gasteiger partial charge in [-0.05, 0) is 30.3 Å². The summed E-state index contributed by atoms with van der Waals surface area (Å²) in [7, 11) is 0. The van der Waals surface area contributed by atoms with Gasteiger partial charge in [0.15, 0.2) is 11.6 Å². The fraction of sp³-hybridized carbons (Fsp3) is 0.150. The third kappa shape index (κ3) is 3.42. The van der Waals surface area contributed by atoms with Crippen LogP contribution in [0.5, 0.6) is 0 Å². The number of hydrogen-bond donors (Lipinski definition) is 3. The number of aromatic nitrogens is 2. The Balaban J connectivity index is 1.67. The molecule has 0 unspecified atom stereocenters. The Morgan fingerprint density at radius 3 is 2.66 bits per heavy atom. The third-order valence-corrected chi connectivity index (χ3v) is 4.85. The van der Waals surface area contributed by atoms with Gasteiger partial charge in [0.05, 0.1) is 17.6 Å². The van der Waals surface area contributed by atoms with Gasteiger partial charge in [-0.15, -0.1) is 0 Å². The number of benzene rings is 2. The molecular formula is C20H16F2N4O3. The van der Waals surface area contributed by atoms with Crippen LogP contribution in [0.4, 0.5) is 19.3 Å². The zero-order valence-corrected chi connectivity index (χ0v) is 15.0. The molecule has 0 bridgehead atoms. The summed E-state index contributed by atoms with van der Waals surface area (Å²) in [6.07, 6.45) is 1.94. The van der Waals surface area contributed by atoms with E-state index in [0.29, 0.717) is 17.8 Å². The average Bonchev–Trinajstić information content (AvgIpc) is 3.19. The van der Waals surface area contributed by atoms with Crippen LogP contribution in [0, 0.1) is 11.6 Å². The molecule has 4 rings (SSSR count). The number of nitrogens with one attached hydrogen (secondary N) is 2. The first-order valence-corrected chi connectivity index (χ1v) is 8.82. The number of rotatable bonds is 3. The SMILES string of the molecule is O=C(O)c1ccc(NC(=O)N2CCc3[nH]cnc3[C@H]2c2cccc(F)c2F)cc1. The first-order valence-electron chi connectivity index (χ1n) is 8.82. The van der Waals surface area contributed by atoms with Crippen molar-refractivity contribution in [3.63, 3.8) is 0 Å². The molecule has 3 N–H and O–H groups in total. The van der Waals surface area contributed by atoms with E-state index in [2.05, 4.69) is 15.3 Å². The molecular weight excluding hydrogens is 382 g/mol. The first kappa shape index (κ1) is 18.6. The number of carbonyl (C=O) groups is 2. The summed E-state index contributed by atoms with van der Waals surface area (Å²) in [6, 6.07) is 8.04. The molecule has 0 spiro atoms. The van der Waals surface area contributed by atoms with E-state index in [9.17, 15) is 18.4 Å². The summed E-state index contributed by atoms with van der Waals surface area (Å²) >= 11 is 0. The van der Waals surface area contributed by atoms with E-state index < -0.39 is 29.7 Å². The number of urea groups is 1. The van der Waals surface area contributed by atoms with Crippen LogP contribution < -0.4 is 5.32 Å². The molecule has 148 valence electrons. The highest BCUT2D eigenvalue weighted by molar-refractivity contribution is 5.92. The van der Waals surface area contributed by atoms with Crippen molar-refractivity contribution in [2.75, 3.05) is 11.9 Å². The number of H-pyrrole nitrogens is 1. The zero-order valence-electron chi connectivity index (χ0n) is 15.0. The number of aromatic amines is 1. The molecule has 7 nitrogen and oxygen atoms in total. The van der Waals surface area contributed by atoms with Crippen molar-refractivity contribution in [2.24, 2.45) is 0 Å². The number of hydrogen-bond acceptors (Lipinski definition) is 3. The van der Waals surface area contributed by atoms with Crippen molar-refractivity contribution in [3.8, 4) is 0 Å². The number of amides is 2. The van der Waals surface area contributed by atoms with Crippen molar-refractivity contribution in [1.82, 2.24) is 14.9 Å². The standard InChI is InChI=1S/C20H16F2N4O3/c21-14-3-1-2-13(16(14)22)18-17-15(23-10-24-17)8-9-26(18)20(29)25-12-6-4-11(5-7-12)19(27)28/h1-7,10,18H,8-9H2,(H,23,24)(H,25,29)(H,27,28)/t18-/m1/s1. The normalized spacial score (nSPS) is 15.7. The van der Waals surface area contributed by atoms with Crippen LogP contribution in [-0.2, 0) is 6.42 Å². The second-order valence-corrected chi connectivity index (χ2v) is 6.57. The van der Waals surface area contributed by atoms with Crippen LogP contribution in [0.1, 0.15) is 33.4 Å². The van der Waals surface area contributed by atoms with Gasteiger partial charge in [-0.3, -0.25) is 0 Å². The van der Waals surface area contributed by atoms with Gasteiger partial charge in [0.25, 0.3) is 0 Å². The highest BCUT2D eigenvalue weighted by Crippen LogP contribution is 2.35. The summed E-state index contributed by atoms with van der Waals surface area (Å²) in [5.74, 6) is -3.11. The van der Waals surface area contributed by atoms with Gasteiger partial charge in [-0.1, -0.05) is 12.1 Å². The van der Waals surface area contributed by atoms with Gasteiger partial charge >= 0.3 is 12.0 Å². The quantitative estimate of drug-likeness (QED) is 0.628. The average molecular weight is 398 g/mol. The molecule has 2 aromatic carbocycles. The Morgan fingerprint density at radius 2 is 1.93 bits per heavy atom. The number of imidazole rings is 1. The van der Waals surface area contributed by atoms with E-state index in [1.165, 1.54) is 47.6 Å². The molecule has 0 fully saturated rings. The molecule has 2 heterocycles. The van der Waals surface area contributed by atoms with Gasteiger partial charge in [0.2, 0.25) is 0 Å². The fourth-order valence-corrected chi connectivity index (χ4v) is 3.43. The fourth-order valence-electron chi connectivity index (χ4n) is 3.43. The van der Waals surface area contributed by atoms with E-state index in [0.717, 1.165) is 11.8 Å².